The first-order chi connectivity index (χ1) is 10.1. The third kappa shape index (κ3) is 4.16. The fourth-order valence-electron chi connectivity index (χ4n) is 2.24. The highest BCUT2D eigenvalue weighted by atomic mass is 16.5. The molecule has 2 rings (SSSR count). The zero-order valence-electron chi connectivity index (χ0n) is 11.7. The predicted molar refractivity (Wildman–Crippen MR) is 74.9 cm³/mol. The van der Waals surface area contributed by atoms with Gasteiger partial charge in [0.15, 0.2) is 0 Å². The normalized spacial score (nSPS) is 17.0. The Balaban J connectivity index is 1.81. The highest BCUT2D eigenvalue weighted by molar-refractivity contribution is 5.86. The first-order valence-electron chi connectivity index (χ1n) is 6.88. The number of hydrogen-bond acceptors (Lipinski definition) is 4. The third-order valence-corrected chi connectivity index (χ3v) is 3.53. The number of amides is 2. The first-order valence-corrected chi connectivity index (χ1v) is 6.88. The molecule has 0 radical (unpaired) electrons. The van der Waals surface area contributed by atoms with Gasteiger partial charge in [0, 0.05) is 45.0 Å². The van der Waals surface area contributed by atoms with Gasteiger partial charge in [-0.05, 0) is 18.1 Å². The van der Waals surface area contributed by atoms with Crippen LogP contribution in [0.25, 0.3) is 0 Å². The summed E-state index contributed by atoms with van der Waals surface area (Å²) in [5, 5.41) is 14.6. The Morgan fingerprint density at radius 1 is 1.38 bits per heavy atom. The van der Waals surface area contributed by atoms with Gasteiger partial charge in [0.2, 0.25) is 0 Å². The minimum atomic E-state index is -1.23. The minimum Gasteiger partial charge on any atom is -0.480 e. The second kappa shape index (κ2) is 7.03. The topological polar surface area (TPSA) is 101 Å². The summed E-state index contributed by atoms with van der Waals surface area (Å²) in [7, 11) is 0. The number of nitrogens with one attached hydrogen (secondary N) is 2. The molecule has 7 heteroatoms. The van der Waals surface area contributed by atoms with E-state index in [1.807, 2.05) is 12.1 Å². The number of pyridine rings is 1. The molecule has 0 saturated carbocycles. The van der Waals surface area contributed by atoms with Crippen molar-refractivity contribution in [3.63, 3.8) is 0 Å². The Morgan fingerprint density at radius 3 is 2.76 bits per heavy atom. The molecule has 0 aromatic carbocycles. The monoisotopic (exact) mass is 293 g/mol. The number of urea groups is 1. The summed E-state index contributed by atoms with van der Waals surface area (Å²) in [6, 6.07) is 3.28. The molecule has 1 saturated heterocycles. The maximum atomic E-state index is 11.9. The average Bonchev–Trinajstić information content (AvgIpc) is 2.49. The molecule has 1 aliphatic heterocycles. The Kier molecular flexibility index (Phi) is 5.10. The second-order valence-electron chi connectivity index (χ2n) is 4.99. The standard InChI is InChI=1S/C14H19N3O4/c18-12(19)14(4-8-21-9-5-14)17-13(20)16-7-3-11-2-1-6-15-10-11/h1-2,6,10H,3-5,7-9H2,(H,18,19)(H2,16,17,20). The Hall–Kier alpha value is -2.15. The number of nitrogens with zero attached hydrogens (tertiary/aromatic N) is 1. The summed E-state index contributed by atoms with van der Waals surface area (Å²) in [4.78, 5) is 27.3. The van der Waals surface area contributed by atoms with Gasteiger partial charge in [0.1, 0.15) is 5.54 Å². The zero-order valence-corrected chi connectivity index (χ0v) is 11.7. The number of carboxylic acid groups (broad SMARTS) is 1. The predicted octanol–water partition coefficient (Wildman–Crippen LogP) is 0.557. The summed E-state index contributed by atoms with van der Waals surface area (Å²) in [6.07, 6.45) is 4.61. The molecule has 7 nitrogen and oxygen atoms in total. The van der Waals surface area contributed by atoms with Crippen LogP contribution in [0.2, 0.25) is 0 Å². The van der Waals surface area contributed by atoms with Crippen molar-refractivity contribution in [3.8, 4) is 0 Å². The number of carbonyl (C=O) groups is 2. The number of aliphatic carboxylic acids is 1. The Labute approximate surface area is 122 Å². The molecule has 0 bridgehead atoms. The van der Waals surface area contributed by atoms with Crippen molar-refractivity contribution < 1.29 is 19.4 Å². The van der Waals surface area contributed by atoms with E-state index in [0.717, 1.165) is 5.56 Å². The van der Waals surface area contributed by atoms with E-state index in [9.17, 15) is 14.7 Å². The van der Waals surface area contributed by atoms with Crippen LogP contribution in [0, 0.1) is 0 Å². The average molecular weight is 293 g/mol. The number of carboxylic acids is 1. The Morgan fingerprint density at radius 2 is 2.14 bits per heavy atom. The quantitative estimate of drug-likeness (QED) is 0.736. The number of hydrogen-bond donors (Lipinski definition) is 3. The molecule has 1 fully saturated rings. The van der Waals surface area contributed by atoms with Crippen LogP contribution in [0.3, 0.4) is 0 Å². The lowest BCUT2D eigenvalue weighted by Gasteiger charge is -2.33. The van der Waals surface area contributed by atoms with E-state index in [1.165, 1.54) is 0 Å². The summed E-state index contributed by atoms with van der Waals surface area (Å²) >= 11 is 0. The molecule has 0 spiro atoms. The van der Waals surface area contributed by atoms with Crippen LogP contribution < -0.4 is 10.6 Å². The van der Waals surface area contributed by atoms with Crippen molar-refractivity contribution in [2.75, 3.05) is 19.8 Å². The molecule has 0 unspecified atom stereocenters. The summed E-state index contributed by atoms with van der Waals surface area (Å²) in [5.41, 5.74) is -0.215. The van der Waals surface area contributed by atoms with Gasteiger partial charge in [0.25, 0.3) is 0 Å². The highest BCUT2D eigenvalue weighted by Gasteiger charge is 2.41. The van der Waals surface area contributed by atoms with Crippen molar-refractivity contribution in [1.29, 1.82) is 0 Å². The SMILES string of the molecule is O=C(NCCc1cccnc1)NC1(C(=O)O)CCOCC1. The van der Waals surface area contributed by atoms with Crippen LogP contribution in [-0.4, -0.2) is 47.4 Å². The van der Waals surface area contributed by atoms with Gasteiger partial charge >= 0.3 is 12.0 Å². The molecule has 1 aliphatic rings. The summed E-state index contributed by atoms with van der Waals surface area (Å²) in [6.45, 7) is 1.09. The van der Waals surface area contributed by atoms with Crippen LogP contribution >= 0.6 is 0 Å². The zero-order chi connectivity index (χ0) is 15.1. The van der Waals surface area contributed by atoms with E-state index >= 15 is 0 Å². The van der Waals surface area contributed by atoms with Crippen LogP contribution in [0.1, 0.15) is 18.4 Å². The van der Waals surface area contributed by atoms with Crippen LogP contribution in [0.15, 0.2) is 24.5 Å². The van der Waals surface area contributed by atoms with Gasteiger partial charge < -0.3 is 20.5 Å². The first kappa shape index (κ1) is 15.2. The van der Waals surface area contributed by atoms with Crippen molar-refractivity contribution in [2.45, 2.75) is 24.8 Å². The lowest BCUT2D eigenvalue weighted by atomic mass is 9.90. The van der Waals surface area contributed by atoms with E-state index in [0.29, 0.717) is 26.2 Å². The Bertz CT molecular complexity index is 486. The molecule has 2 amide bonds. The maximum absolute atomic E-state index is 11.9. The lowest BCUT2D eigenvalue weighted by molar-refractivity contribution is -0.148. The van der Waals surface area contributed by atoms with Gasteiger partial charge in [-0.1, -0.05) is 6.07 Å². The fraction of sp³-hybridized carbons (Fsp3) is 0.500. The lowest BCUT2D eigenvalue weighted by Crippen LogP contribution is -2.59. The van der Waals surface area contributed by atoms with E-state index < -0.39 is 17.5 Å². The highest BCUT2D eigenvalue weighted by Crippen LogP contribution is 2.20. The molecule has 21 heavy (non-hydrogen) atoms. The second-order valence-corrected chi connectivity index (χ2v) is 4.99. The van der Waals surface area contributed by atoms with Gasteiger partial charge in [-0.15, -0.1) is 0 Å². The molecule has 114 valence electrons. The summed E-state index contributed by atoms with van der Waals surface area (Å²) < 4.78 is 5.15. The number of aromatic nitrogens is 1. The molecule has 0 atom stereocenters. The van der Waals surface area contributed by atoms with Crippen LogP contribution in [0.5, 0.6) is 0 Å². The number of carbonyl (C=O) groups excluding carboxylic acids is 1. The van der Waals surface area contributed by atoms with Gasteiger partial charge in [0.05, 0.1) is 0 Å². The molecule has 0 aliphatic carbocycles. The van der Waals surface area contributed by atoms with Gasteiger partial charge in [-0.25, -0.2) is 9.59 Å². The van der Waals surface area contributed by atoms with E-state index in [4.69, 9.17) is 4.74 Å². The van der Waals surface area contributed by atoms with Gasteiger partial charge in [-0.3, -0.25) is 4.98 Å². The van der Waals surface area contributed by atoms with Crippen molar-refractivity contribution in [3.05, 3.63) is 30.1 Å². The molecule has 2 heterocycles. The van der Waals surface area contributed by atoms with Crippen molar-refractivity contribution in [1.82, 2.24) is 15.6 Å². The maximum Gasteiger partial charge on any atom is 0.329 e. The summed E-state index contributed by atoms with van der Waals surface area (Å²) in [5.74, 6) is -1.02. The van der Waals surface area contributed by atoms with E-state index in [-0.39, 0.29) is 12.8 Å². The van der Waals surface area contributed by atoms with E-state index in [2.05, 4.69) is 15.6 Å². The fourth-order valence-corrected chi connectivity index (χ4v) is 2.24. The largest absolute Gasteiger partial charge is 0.480 e. The third-order valence-electron chi connectivity index (χ3n) is 3.53. The van der Waals surface area contributed by atoms with Crippen molar-refractivity contribution >= 4 is 12.0 Å². The smallest absolute Gasteiger partial charge is 0.329 e. The molecule has 1 aromatic heterocycles. The molecular weight excluding hydrogens is 274 g/mol. The molecule has 3 N–H and O–H groups in total. The number of rotatable bonds is 5. The van der Waals surface area contributed by atoms with Crippen LogP contribution in [-0.2, 0) is 16.0 Å². The van der Waals surface area contributed by atoms with Crippen molar-refractivity contribution in [2.24, 2.45) is 0 Å². The minimum absolute atomic E-state index is 0.276. The van der Waals surface area contributed by atoms with Crippen LogP contribution in [0.4, 0.5) is 4.79 Å². The molecular formula is C14H19N3O4. The van der Waals surface area contributed by atoms with E-state index in [1.54, 1.807) is 12.4 Å². The molecule has 1 aromatic rings. The van der Waals surface area contributed by atoms with Gasteiger partial charge in [-0.2, -0.15) is 0 Å². The number of ether oxygens (including phenoxy) is 1.